The molecule has 194 valence electrons. The maximum Gasteiger partial charge on any atom is 0.328 e. The molecule has 2 aliphatic rings. The van der Waals surface area contributed by atoms with Crippen molar-refractivity contribution in [3.05, 3.63) is 0 Å². The standard InChI is InChI=1S/C16H30NO15P/c17-6(14(25)26)1-2-33(27,28)29-5-16(13(24)10(21)8(4-19)31-16)32-15-12(23)11(22)9(20)7(3-18)30-15/h6-13,15,18-24H,1-5,17H2,(H,25,26)(H,27,28)/t6?,7-,8-,9-,10-,11+,12-,13+,15-,16+/m1/s1. The molecule has 2 saturated heterocycles. The molecule has 0 aromatic rings. The monoisotopic (exact) mass is 507 g/mol. The molecule has 11 atom stereocenters. The molecule has 2 aliphatic heterocycles. The molecule has 33 heavy (non-hydrogen) atoms. The Morgan fingerprint density at radius 3 is 2.15 bits per heavy atom. The summed E-state index contributed by atoms with van der Waals surface area (Å²) >= 11 is 0. The van der Waals surface area contributed by atoms with E-state index in [1.54, 1.807) is 0 Å². The van der Waals surface area contributed by atoms with E-state index in [4.69, 9.17) is 29.6 Å². The first-order valence-electron chi connectivity index (χ1n) is 9.86. The molecule has 0 aliphatic carbocycles. The number of carboxylic acids is 1. The zero-order chi connectivity index (χ0) is 25.1. The van der Waals surface area contributed by atoms with E-state index in [9.17, 15) is 50.0 Å². The van der Waals surface area contributed by atoms with Gasteiger partial charge in [0.25, 0.3) is 0 Å². The van der Waals surface area contributed by atoms with Gasteiger partial charge >= 0.3 is 13.6 Å². The summed E-state index contributed by atoms with van der Waals surface area (Å²) in [5.74, 6) is -3.95. The second-order valence-corrected chi connectivity index (χ2v) is 9.75. The van der Waals surface area contributed by atoms with Gasteiger partial charge in [-0.2, -0.15) is 0 Å². The third-order valence-electron chi connectivity index (χ3n) is 5.36. The SMILES string of the molecule is NC(CCP(=O)(O)OC[C@@]1(O[C@H]2O[C@H](CO)[C@@H](O)[C@H](O)[C@H]2O)O[C@H](CO)[C@@H](O)[C@@H]1O)C(=O)O. The van der Waals surface area contributed by atoms with Crippen molar-refractivity contribution >= 4 is 13.6 Å². The van der Waals surface area contributed by atoms with Gasteiger partial charge in [0.05, 0.1) is 19.4 Å². The quantitative estimate of drug-likeness (QED) is 0.117. The molecule has 0 bridgehead atoms. The van der Waals surface area contributed by atoms with Gasteiger partial charge < -0.3 is 70.2 Å². The summed E-state index contributed by atoms with van der Waals surface area (Å²) in [5, 5.41) is 78.1. The number of hydrogen-bond donors (Lipinski definition) is 10. The van der Waals surface area contributed by atoms with E-state index in [1.807, 2.05) is 0 Å². The van der Waals surface area contributed by atoms with Gasteiger partial charge in [-0.25, -0.2) is 0 Å². The Morgan fingerprint density at radius 2 is 1.64 bits per heavy atom. The summed E-state index contributed by atoms with van der Waals surface area (Å²) in [6.45, 7) is -2.73. The van der Waals surface area contributed by atoms with Crippen molar-refractivity contribution in [1.82, 2.24) is 0 Å². The van der Waals surface area contributed by atoms with Gasteiger partial charge in [-0.1, -0.05) is 0 Å². The molecule has 2 unspecified atom stereocenters. The fourth-order valence-electron chi connectivity index (χ4n) is 3.30. The highest BCUT2D eigenvalue weighted by atomic mass is 31.2. The van der Waals surface area contributed by atoms with E-state index in [-0.39, 0.29) is 0 Å². The van der Waals surface area contributed by atoms with Crippen LogP contribution in [-0.4, -0.2) is 139 Å². The fraction of sp³-hybridized carbons (Fsp3) is 0.938. The minimum atomic E-state index is -4.56. The molecule has 0 aromatic carbocycles. The van der Waals surface area contributed by atoms with Gasteiger partial charge in [0.1, 0.15) is 55.4 Å². The third kappa shape index (κ3) is 6.45. The van der Waals surface area contributed by atoms with Gasteiger partial charge in [-0.15, -0.1) is 0 Å². The molecule has 16 nitrogen and oxygen atoms in total. The fourth-order valence-corrected chi connectivity index (χ4v) is 4.41. The predicted molar refractivity (Wildman–Crippen MR) is 102 cm³/mol. The molecule has 0 aromatic heterocycles. The summed E-state index contributed by atoms with van der Waals surface area (Å²) in [7, 11) is -4.56. The second-order valence-electron chi connectivity index (χ2n) is 7.77. The van der Waals surface area contributed by atoms with E-state index in [1.165, 1.54) is 0 Å². The minimum absolute atomic E-state index is 0.449. The number of hydrogen-bond acceptors (Lipinski definition) is 14. The molecule has 0 amide bonds. The van der Waals surface area contributed by atoms with Crippen molar-refractivity contribution in [2.75, 3.05) is 26.0 Å². The molecule has 2 fully saturated rings. The molecule has 0 radical (unpaired) electrons. The van der Waals surface area contributed by atoms with Crippen LogP contribution in [0.2, 0.25) is 0 Å². The van der Waals surface area contributed by atoms with E-state index in [2.05, 4.69) is 0 Å². The van der Waals surface area contributed by atoms with Crippen LogP contribution in [0.25, 0.3) is 0 Å². The van der Waals surface area contributed by atoms with Crippen LogP contribution < -0.4 is 5.73 Å². The number of ether oxygens (including phenoxy) is 3. The number of carboxylic acid groups (broad SMARTS) is 1. The first kappa shape index (κ1) is 28.4. The number of aliphatic hydroxyl groups is 7. The van der Waals surface area contributed by atoms with E-state index in [0.717, 1.165) is 0 Å². The summed E-state index contributed by atoms with van der Waals surface area (Å²) in [4.78, 5) is 20.8. The molecular weight excluding hydrogens is 477 g/mol. The normalized spacial score (nSPS) is 42.1. The lowest BCUT2D eigenvalue weighted by Gasteiger charge is -2.43. The van der Waals surface area contributed by atoms with E-state index >= 15 is 0 Å². The maximum absolute atomic E-state index is 12.3. The minimum Gasteiger partial charge on any atom is -0.480 e. The number of aliphatic carboxylic acids is 1. The van der Waals surface area contributed by atoms with Crippen LogP contribution in [0.4, 0.5) is 0 Å². The highest BCUT2D eigenvalue weighted by Gasteiger charge is 2.59. The average molecular weight is 507 g/mol. The Bertz CT molecular complexity index is 711. The Labute approximate surface area is 187 Å². The van der Waals surface area contributed by atoms with Crippen molar-refractivity contribution < 1.29 is 73.8 Å². The lowest BCUT2D eigenvalue weighted by Crippen LogP contribution is -2.62. The molecule has 0 spiro atoms. The molecule has 2 rings (SSSR count). The van der Waals surface area contributed by atoms with Gasteiger partial charge in [-0.05, 0) is 6.42 Å². The number of aliphatic hydroxyl groups excluding tert-OH is 7. The van der Waals surface area contributed by atoms with Crippen LogP contribution in [0.15, 0.2) is 0 Å². The number of rotatable bonds is 11. The van der Waals surface area contributed by atoms with Gasteiger partial charge in [0.15, 0.2) is 6.29 Å². The Morgan fingerprint density at radius 1 is 1.03 bits per heavy atom. The summed E-state index contributed by atoms with van der Waals surface area (Å²) in [5.41, 5.74) is 5.29. The number of carbonyl (C=O) groups is 1. The van der Waals surface area contributed by atoms with E-state index in [0.29, 0.717) is 0 Å². The lowest BCUT2D eigenvalue weighted by molar-refractivity contribution is -0.382. The first-order chi connectivity index (χ1) is 15.3. The third-order valence-corrected chi connectivity index (χ3v) is 6.71. The van der Waals surface area contributed by atoms with Crippen molar-refractivity contribution in [2.24, 2.45) is 5.73 Å². The van der Waals surface area contributed by atoms with Crippen LogP contribution in [-0.2, 0) is 28.1 Å². The van der Waals surface area contributed by atoms with Crippen molar-refractivity contribution in [3.8, 4) is 0 Å². The first-order valence-corrected chi connectivity index (χ1v) is 11.6. The summed E-state index contributed by atoms with van der Waals surface area (Å²) in [6, 6.07) is -1.46. The summed E-state index contributed by atoms with van der Waals surface area (Å²) < 4.78 is 33.1. The largest absolute Gasteiger partial charge is 0.480 e. The average Bonchev–Trinajstić information content (AvgIpc) is 3.01. The van der Waals surface area contributed by atoms with Crippen molar-refractivity contribution in [1.29, 1.82) is 0 Å². The van der Waals surface area contributed by atoms with E-state index < -0.39 is 107 Å². The predicted octanol–water partition coefficient (Wildman–Crippen LogP) is -5.38. The van der Waals surface area contributed by atoms with Gasteiger partial charge in [0, 0.05) is 0 Å². The highest BCUT2D eigenvalue weighted by Crippen LogP contribution is 2.46. The molecular formula is C16H30NO15P. The number of nitrogens with two attached hydrogens (primary N) is 1. The maximum atomic E-state index is 12.3. The Hall–Kier alpha value is -0.820. The Balaban J connectivity index is 2.22. The topological polar surface area (TPSA) is 279 Å². The van der Waals surface area contributed by atoms with Crippen molar-refractivity contribution in [2.45, 2.75) is 67.3 Å². The van der Waals surface area contributed by atoms with Crippen LogP contribution in [0.3, 0.4) is 0 Å². The van der Waals surface area contributed by atoms with Gasteiger partial charge in [0.2, 0.25) is 5.79 Å². The molecule has 17 heteroatoms. The molecule has 0 saturated carbocycles. The molecule has 2 heterocycles. The lowest BCUT2D eigenvalue weighted by atomic mass is 9.99. The zero-order valence-corrected chi connectivity index (χ0v) is 18.1. The molecule has 11 N–H and O–H groups in total. The van der Waals surface area contributed by atoms with Crippen molar-refractivity contribution in [3.63, 3.8) is 0 Å². The summed E-state index contributed by atoms with van der Waals surface area (Å²) in [6.07, 6.45) is -15.3. The van der Waals surface area contributed by atoms with Crippen LogP contribution in [0.5, 0.6) is 0 Å². The van der Waals surface area contributed by atoms with Crippen LogP contribution in [0.1, 0.15) is 6.42 Å². The van der Waals surface area contributed by atoms with Gasteiger partial charge in [-0.3, -0.25) is 9.36 Å². The Kier molecular flexibility index (Phi) is 9.71. The second kappa shape index (κ2) is 11.3. The zero-order valence-electron chi connectivity index (χ0n) is 17.2. The van der Waals surface area contributed by atoms with Crippen LogP contribution in [0, 0.1) is 0 Å². The smallest absolute Gasteiger partial charge is 0.328 e. The van der Waals surface area contributed by atoms with Crippen LogP contribution >= 0.6 is 7.60 Å². The highest BCUT2D eigenvalue weighted by molar-refractivity contribution is 7.52.